The molecule has 0 saturated carbocycles. The first kappa shape index (κ1) is 12.2. The smallest absolute Gasteiger partial charge is 0.320 e. The molecule has 0 aliphatic heterocycles. The molecule has 0 aliphatic carbocycles. The molecule has 0 saturated heterocycles. The normalized spacial score (nSPS) is 12.2. The van der Waals surface area contributed by atoms with Crippen molar-refractivity contribution in [3.05, 3.63) is 32.2 Å². The van der Waals surface area contributed by atoms with Gasteiger partial charge in [0.05, 0.1) is 5.69 Å². The van der Waals surface area contributed by atoms with Gasteiger partial charge in [0.2, 0.25) is 0 Å². The first-order valence-electron chi connectivity index (χ1n) is 3.51. The highest BCUT2D eigenvalue weighted by molar-refractivity contribution is 9.10. The molecule has 8 heteroatoms. The highest BCUT2D eigenvalue weighted by Crippen LogP contribution is 2.33. The van der Waals surface area contributed by atoms with Gasteiger partial charge in [0.1, 0.15) is 5.56 Å². The van der Waals surface area contributed by atoms with Crippen LogP contribution < -0.4 is 5.56 Å². The van der Waals surface area contributed by atoms with Gasteiger partial charge in [-0.15, -0.1) is 0 Å². The van der Waals surface area contributed by atoms with Gasteiger partial charge in [-0.05, 0) is 22.0 Å². The number of aromatic nitrogens is 1. The van der Waals surface area contributed by atoms with E-state index in [4.69, 9.17) is 0 Å². The average molecular weight is 292 g/mol. The van der Waals surface area contributed by atoms with E-state index in [9.17, 15) is 26.7 Å². The number of pyridine rings is 1. The lowest BCUT2D eigenvalue weighted by Crippen LogP contribution is -2.23. The number of alkyl halides is 5. The lowest BCUT2D eigenvalue weighted by molar-refractivity contribution is -0.139. The van der Waals surface area contributed by atoms with Crippen molar-refractivity contribution in [2.45, 2.75) is 12.6 Å². The zero-order chi connectivity index (χ0) is 11.8. The Hall–Kier alpha value is -0.920. The Morgan fingerprint density at radius 2 is 1.87 bits per heavy atom. The van der Waals surface area contributed by atoms with E-state index in [1.807, 2.05) is 0 Å². The van der Waals surface area contributed by atoms with Crippen LogP contribution in [0.5, 0.6) is 0 Å². The number of H-pyrrole nitrogens is 1. The van der Waals surface area contributed by atoms with Crippen LogP contribution in [0.3, 0.4) is 0 Å². The Morgan fingerprint density at radius 1 is 1.33 bits per heavy atom. The molecule has 0 bridgehead atoms. The van der Waals surface area contributed by atoms with Crippen molar-refractivity contribution >= 4 is 15.9 Å². The third-order valence-electron chi connectivity index (χ3n) is 1.52. The molecule has 1 N–H and O–H groups in total. The van der Waals surface area contributed by atoms with Crippen molar-refractivity contribution in [3.63, 3.8) is 0 Å². The van der Waals surface area contributed by atoms with Crippen LogP contribution in [0.4, 0.5) is 22.0 Å². The van der Waals surface area contributed by atoms with E-state index in [0.29, 0.717) is 6.07 Å². The Morgan fingerprint density at radius 3 is 2.20 bits per heavy atom. The summed E-state index contributed by atoms with van der Waals surface area (Å²) in [5.74, 6) is 0. The molecule has 0 unspecified atom stereocenters. The van der Waals surface area contributed by atoms with Gasteiger partial charge in [-0.3, -0.25) is 4.79 Å². The van der Waals surface area contributed by atoms with Crippen LogP contribution >= 0.6 is 15.9 Å². The van der Waals surface area contributed by atoms with Gasteiger partial charge < -0.3 is 4.98 Å². The Kier molecular flexibility index (Phi) is 3.17. The van der Waals surface area contributed by atoms with Crippen molar-refractivity contribution in [3.8, 4) is 0 Å². The highest BCUT2D eigenvalue weighted by atomic mass is 79.9. The zero-order valence-electron chi connectivity index (χ0n) is 6.83. The molecule has 2 nitrogen and oxygen atoms in total. The molecule has 1 aromatic rings. The zero-order valence-corrected chi connectivity index (χ0v) is 8.42. The molecule has 15 heavy (non-hydrogen) atoms. The molecule has 0 fully saturated rings. The lowest BCUT2D eigenvalue weighted by atomic mass is 10.2. The maximum atomic E-state index is 12.2. The van der Waals surface area contributed by atoms with Gasteiger partial charge in [0, 0.05) is 4.47 Å². The molecular formula is C7H3BrF5NO. The number of rotatable bonds is 1. The van der Waals surface area contributed by atoms with Crippen LogP contribution in [-0.4, -0.2) is 4.98 Å². The fourth-order valence-electron chi connectivity index (χ4n) is 0.929. The standard InChI is InChI=1S/C7H3BrF5NO/c8-2-1-3(5(9)10)14-6(15)4(2)7(11,12)13/h1,5H,(H,14,15). The minimum absolute atomic E-state index is 0.537. The molecule has 0 radical (unpaired) electrons. The summed E-state index contributed by atoms with van der Waals surface area (Å²) in [7, 11) is 0. The van der Waals surface area contributed by atoms with Crippen molar-refractivity contribution in [1.29, 1.82) is 0 Å². The molecule has 1 aromatic heterocycles. The molecule has 0 aromatic carbocycles. The number of nitrogens with one attached hydrogen (secondary N) is 1. The van der Waals surface area contributed by atoms with Crippen LogP contribution in [0.2, 0.25) is 0 Å². The van der Waals surface area contributed by atoms with Gasteiger partial charge in [-0.1, -0.05) is 0 Å². The van der Waals surface area contributed by atoms with E-state index < -0.39 is 33.9 Å². The minimum Gasteiger partial charge on any atom is -0.320 e. The van der Waals surface area contributed by atoms with Crippen molar-refractivity contribution < 1.29 is 22.0 Å². The van der Waals surface area contributed by atoms with Crippen LogP contribution in [-0.2, 0) is 6.18 Å². The van der Waals surface area contributed by atoms with E-state index in [1.165, 1.54) is 4.98 Å². The first-order valence-corrected chi connectivity index (χ1v) is 4.31. The molecule has 0 spiro atoms. The predicted octanol–water partition coefficient (Wildman–Crippen LogP) is 3.09. The summed E-state index contributed by atoms with van der Waals surface area (Å²) in [6, 6.07) is 0.537. The van der Waals surface area contributed by atoms with Crippen LogP contribution in [0.1, 0.15) is 17.7 Å². The third kappa shape index (κ3) is 2.55. The van der Waals surface area contributed by atoms with Crippen LogP contribution in [0.25, 0.3) is 0 Å². The summed E-state index contributed by atoms with van der Waals surface area (Å²) >= 11 is 2.43. The van der Waals surface area contributed by atoms with Crippen LogP contribution in [0.15, 0.2) is 15.3 Å². The van der Waals surface area contributed by atoms with Gasteiger partial charge in [0.15, 0.2) is 0 Å². The van der Waals surface area contributed by atoms with E-state index in [0.717, 1.165) is 0 Å². The number of halogens is 6. The monoisotopic (exact) mass is 291 g/mol. The maximum absolute atomic E-state index is 12.2. The van der Waals surface area contributed by atoms with Gasteiger partial charge in [-0.25, -0.2) is 8.78 Å². The predicted molar refractivity (Wildman–Crippen MR) is 44.7 cm³/mol. The van der Waals surface area contributed by atoms with E-state index >= 15 is 0 Å². The Balaban J connectivity index is 3.42. The van der Waals surface area contributed by atoms with E-state index in [2.05, 4.69) is 15.9 Å². The topological polar surface area (TPSA) is 32.9 Å². The Labute approximate surface area is 88.2 Å². The second kappa shape index (κ2) is 3.92. The maximum Gasteiger partial charge on any atom is 0.422 e. The number of hydrogen-bond donors (Lipinski definition) is 1. The number of aromatic amines is 1. The summed E-state index contributed by atoms with van der Waals surface area (Å²) in [6.07, 6.45) is -7.91. The second-order valence-electron chi connectivity index (χ2n) is 2.58. The lowest BCUT2D eigenvalue weighted by Gasteiger charge is -2.09. The van der Waals surface area contributed by atoms with E-state index in [1.54, 1.807) is 0 Å². The average Bonchev–Trinajstić information content (AvgIpc) is 1.99. The quantitative estimate of drug-likeness (QED) is 0.793. The Bertz CT molecular complexity index is 424. The number of hydrogen-bond acceptors (Lipinski definition) is 1. The molecule has 0 atom stereocenters. The van der Waals surface area contributed by atoms with Gasteiger partial charge in [-0.2, -0.15) is 13.2 Å². The molecule has 0 aliphatic rings. The molecule has 1 heterocycles. The first-order chi connectivity index (χ1) is 6.73. The summed E-state index contributed by atoms with van der Waals surface area (Å²) < 4.78 is 60.1. The molecular weight excluding hydrogens is 289 g/mol. The third-order valence-corrected chi connectivity index (χ3v) is 2.15. The van der Waals surface area contributed by atoms with Crippen molar-refractivity contribution in [1.82, 2.24) is 4.98 Å². The van der Waals surface area contributed by atoms with Gasteiger partial charge >= 0.3 is 6.18 Å². The minimum atomic E-state index is -4.88. The SMILES string of the molecule is O=c1[nH]c(C(F)F)cc(Br)c1C(F)(F)F. The second-order valence-corrected chi connectivity index (χ2v) is 3.43. The van der Waals surface area contributed by atoms with Crippen molar-refractivity contribution in [2.75, 3.05) is 0 Å². The molecule has 0 amide bonds. The fourth-order valence-corrected chi connectivity index (χ4v) is 1.58. The van der Waals surface area contributed by atoms with Crippen molar-refractivity contribution in [2.24, 2.45) is 0 Å². The van der Waals surface area contributed by atoms with Gasteiger partial charge in [0.25, 0.3) is 12.0 Å². The highest BCUT2D eigenvalue weighted by Gasteiger charge is 2.37. The molecule has 84 valence electrons. The molecule has 1 rings (SSSR count). The summed E-state index contributed by atoms with van der Waals surface area (Å²) in [5.41, 5.74) is -3.97. The fraction of sp³-hybridized carbons (Fsp3) is 0.286. The largest absolute Gasteiger partial charge is 0.422 e. The summed E-state index contributed by atoms with van der Waals surface area (Å²) in [5, 5.41) is 0. The summed E-state index contributed by atoms with van der Waals surface area (Å²) in [6.45, 7) is 0. The van der Waals surface area contributed by atoms with E-state index in [-0.39, 0.29) is 0 Å². The van der Waals surface area contributed by atoms with Crippen LogP contribution in [0, 0.1) is 0 Å². The summed E-state index contributed by atoms with van der Waals surface area (Å²) in [4.78, 5) is 12.3.